The van der Waals surface area contributed by atoms with Gasteiger partial charge in [0, 0.05) is 19.7 Å². The average molecular weight is 538 g/mol. The molecule has 2 aromatic heterocycles. The van der Waals surface area contributed by atoms with Crippen LogP contribution >= 0.6 is 30.6 Å². The quantitative estimate of drug-likeness (QED) is 0.212. The number of carbonyl (C=O) groups excluding carboxylic acids is 1. The van der Waals surface area contributed by atoms with Crippen LogP contribution in [0.15, 0.2) is 0 Å². The van der Waals surface area contributed by atoms with Gasteiger partial charge in [-0.1, -0.05) is 16.8 Å². The van der Waals surface area contributed by atoms with Crippen LogP contribution in [0.3, 0.4) is 0 Å². The van der Waals surface area contributed by atoms with Gasteiger partial charge in [-0.3, -0.25) is 4.57 Å². The molecular formula is C19H26Cl2N5O7P. The first-order valence-corrected chi connectivity index (χ1v) is 13.6. The Hall–Kier alpha value is -1.40. The Balaban J connectivity index is 1.61. The summed E-state index contributed by atoms with van der Waals surface area (Å²) in [4.78, 5) is 20.6. The van der Waals surface area contributed by atoms with Gasteiger partial charge in [-0.25, -0.2) is 14.5 Å². The van der Waals surface area contributed by atoms with Crippen molar-refractivity contribution >= 4 is 47.7 Å². The molecule has 0 aromatic carbocycles. The highest BCUT2D eigenvalue weighted by molar-refractivity contribution is 7.59. The lowest BCUT2D eigenvalue weighted by Gasteiger charge is -2.26. The van der Waals surface area contributed by atoms with Crippen LogP contribution in [0.5, 0.6) is 0 Å². The average Bonchev–Trinajstić information content (AvgIpc) is 3.39. The molecule has 0 N–H and O–H groups in total. The number of hydrogen-bond donors (Lipinski definition) is 0. The number of fused-ring (bicyclic) bond motifs is 2. The number of esters is 1. The fourth-order valence-electron chi connectivity index (χ4n) is 4.37. The Morgan fingerprint density at radius 1 is 1.29 bits per heavy atom. The molecule has 6 atom stereocenters. The maximum atomic E-state index is 12.8. The van der Waals surface area contributed by atoms with Crippen molar-refractivity contribution in [3.8, 4) is 0 Å². The second-order valence-electron chi connectivity index (χ2n) is 8.65. The number of rotatable bonds is 8. The van der Waals surface area contributed by atoms with Gasteiger partial charge in [-0.2, -0.15) is 4.98 Å². The van der Waals surface area contributed by atoms with Crippen molar-refractivity contribution in [2.45, 2.75) is 57.1 Å². The summed E-state index contributed by atoms with van der Waals surface area (Å²) in [5.74, 6) is -3.20. The summed E-state index contributed by atoms with van der Waals surface area (Å²) in [6.45, 7) is 6.78. The van der Waals surface area contributed by atoms with Crippen LogP contribution in [0, 0.1) is 5.92 Å². The molecule has 0 bridgehead atoms. The van der Waals surface area contributed by atoms with Gasteiger partial charge in [0.25, 0.3) is 0 Å². The van der Waals surface area contributed by atoms with Gasteiger partial charge in [0.15, 0.2) is 22.1 Å². The molecule has 1 saturated heterocycles. The molecule has 188 valence electrons. The highest BCUT2D eigenvalue weighted by atomic mass is 35.5. The molecule has 1 aliphatic carbocycles. The number of carbonyl (C=O) groups is 1. The SMILES string of the molecule is CCOC(=O)C(OC[C@H]1C[C@@H](n2nnc3c(Cl)nc(Cl)nc32)[C@@H]2OC(C)(C)O[C@H]12)P(C)(=O)OC. The minimum absolute atomic E-state index is 0.0325. The largest absolute Gasteiger partial charge is 0.464 e. The summed E-state index contributed by atoms with van der Waals surface area (Å²) >= 11 is 12.2. The molecule has 0 radical (unpaired) electrons. The fraction of sp³-hybridized carbons (Fsp3) is 0.737. The third kappa shape index (κ3) is 4.82. The summed E-state index contributed by atoms with van der Waals surface area (Å²) in [6.07, 6.45) is -0.328. The van der Waals surface area contributed by atoms with Gasteiger partial charge >= 0.3 is 5.97 Å². The number of aromatic nitrogens is 5. The first-order chi connectivity index (χ1) is 16.0. The molecule has 2 fully saturated rings. The number of halogens is 2. The van der Waals surface area contributed by atoms with E-state index in [9.17, 15) is 9.36 Å². The Bertz CT molecular complexity index is 1130. The van der Waals surface area contributed by atoms with E-state index < -0.39 is 37.2 Å². The van der Waals surface area contributed by atoms with Gasteiger partial charge in [0.05, 0.1) is 25.4 Å². The standard InChI is InChI=1S/C19H26Cl2N5O7P/c1-6-30-16(27)17(34(5,28)29-4)31-8-9-7-10(13-12(9)32-19(2,3)33-13)26-15-11(24-25-26)14(20)22-18(21)23-15/h9-10,12-13,17H,6-8H2,1-5H3/t9-,10-,12-,13+,17?,34?/m1/s1. The molecule has 2 aromatic rings. The van der Waals surface area contributed by atoms with Crippen molar-refractivity contribution in [3.63, 3.8) is 0 Å². The van der Waals surface area contributed by atoms with Gasteiger partial charge in [-0.05, 0) is 38.8 Å². The van der Waals surface area contributed by atoms with Crippen LogP contribution < -0.4 is 0 Å². The van der Waals surface area contributed by atoms with Gasteiger partial charge < -0.3 is 23.5 Å². The van der Waals surface area contributed by atoms with Crippen molar-refractivity contribution < 1.29 is 32.8 Å². The Morgan fingerprint density at radius 3 is 2.68 bits per heavy atom. The van der Waals surface area contributed by atoms with E-state index in [-0.39, 0.29) is 35.6 Å². The molecule has 34 heavy (non-hydrogen) atoms. The first-order valence-electron chi connectivity index (χ1n) is 10.7. The topological polar surface area (TPSA) is 137 Å². The first kappa shape index (κ1) is 25.7. The number of ether oxygens (including phenoxy) is 4. The summed E-state index contributed by atoms with van der Waals surface area (Å²) in [5, 5.41) is 8.38. The second kappa shape index (κ2) is 9.57. The maximum Gasteiger partial charge on any atom is 0.345 e. The summed E-state index contributed by atoms with van der Waals surface area (Å²) in [5.41, 5.74) is 0.681. The lowest BCUT2D eigenvalue weighted by atomic mass is 10.1. The highest BCUT2D eigenvalue weighted by Gasteiger charge is 2.56. The minimum atomic E-state index is -3.43. The predicted octanol–water partition coefficient (Wildman–Crippen LogP) is 3.07. The van der Waals surface area contributed by atoms with Crippen LogP contribution in [0.2, 0.25) is 10.4 Å². The monoisotopic (exact) mass is 537 g/mol. The van der Waals surface area contributed by atoms with Gasteiger partial charge in [-0.15, -0.1) is 5.10 Å². The normalized spacial score (nSPS) is 28.6. The summed E-state index contributed by atoms with van der Waals surface area (Å²) in [7, 11) is -2.16. The summed E-state index contributed by atoms with van der Waals surface area (Å²) in [6, 6.07) is -0.343. The molecule has 2 aliphatic rings. The van der Waals surface area contributed by atoms with Crippen molar-refractivity contribution in [2.75, 3.05) is 27.0 Å². The van der Waals surface area contributed by atoms with Crippen molar-refractivity contribution in [3.05, 3.63) is 10.4 Å². The zero-order chi connectivity index (χ0) is 24.8. The Kier molecular flexibility index (Phi) is 7.23. The predicted molar refractivity (Wildman–Crippen MR) is 121 cm³/mol. The van der Waals surface area contributed by atoms with Gasteiger partial charge in [0.1, 0.15) is 6.10 Å². The molecule has 0 amide bonds. The minimum Gasteiger partial charge on any atom is -0.464 e. The molecule has 2 unspecified atom stereocenters. The lowest BCUT2D eigenvalue weighted by molar-refractivity contribution is -0.166. The van der Waals surface area contributed by atoms with Crippen LogP contribution in [-0.2, 0) is 32.8 Å². The number of nitrogens with zero attached hydrogens (tertiary/aromatic N) is 5. The Labute approximate surface area is 206 Å². The van der Waals surface area contributed by atoms with E-state index in [0.29, 0.717) is 17.6 Å². The zero-order valence-corrected chi connectivity index (χ0v) is 21.7. The van der Waals surface area contributed by atoms with Crippen molar-refractivity contribution in [1.29, 1.82) is 0 Å². The zero-order valence-electron chi connectivity index (χ0n) is 19.3. The fourth-order valence-corrected chi connectivity index (χ4v) is 5.79. The molecule has 15 heteroatoms. The second-order valence-corrected chi connectivity index (χ2v) is 12.0. The molecule has 12 nitrogen and oxygen atoms in total. The summed E-state index contributed by atoms with van der Waals surface area (Å²) < 4.78 is 42.7. The molecule has 0 spiro atoms. The van der Waals surface area contributed by atoms with E-state index in [1.165, 1.54) is 13.8 Å². The lowest BCUT2D eigenvalue weighted by Crippen LogP contribution is -2.33. The molecule has 1 aliphatic heterocycles. The van der Waals surface area contributed by atoms with Crippen LogP contribution in [0.4, 0.5) is 0 Å². The van der Waals surface area contributed by atoms with Crippen molar-refractivity contribution in [1.82, 2.24) is 25.0 Å². The van der Waals surface area contributed by atoms with E-state index in [1.54, 1.807) is 11.6 Å². The Morgan fingerprint density at radius 2 is 2.00 bits per heavy atom. The van der Waals surface area contributed by atoms with E-state index in [1.807, 2.05) is 13.8 Å². The number of hydrogen-bond acceptors (Lipinski definition) is 11. The van der Waals surface area contributed by atoms with Crippen LogP contribution in [-0.4, -0.2) is 81.8 Å². The van der Waals surface area contributed by atoms with E-state index in [2.05, 4.69) is 20.3 Å². The van der Waals surface area contributed by atoms with E-state index in [4.69, 9.17) is 46.7 Å². The van der Waals surface area contributed by atoms with E-state index in [0.717, 1.165) is 0 Å². The van der Waals surface area contributed by atoms with Crippen LogP contribution in [0.1, 0.15) is 33.2 Å². The molecule has 3 heterocycles. The molecule has 1 saturated carbocycles. The maximum absolute atomic E-state index is 12.8. The third-order valence-corrected chi connectivity index (χ3v) is 8.23. The van der Waals surface area contributed by atoms with Crippen molar-refractivity contribution in [2.24, 2.45) is 5.92 Å². The molecule has 4 rings (SSSR count). The third-order valence-electron chi connectivity index (χ3n) is 5.86. The highest BCUT2D eigenvalue weighted by Crippen LogP contribution is 2.51. The van der Waals surface area contributed by atoms with Crippen LogP contribution in [0.25, 0.3) is 11.2 Å². The van der Waals surface area contributed by atoms with E-state index >= 15 is 0 Å². The van der Waals surface area contributed by atoms with Gasteiger partial charge in [0.2, 0.25) is 18.5 Å². The molecular weight excluding hydrogens is 512 g/mol. The smallest absolute Gasteiger partial charge is 0.345 e.